The topological polar surface area (TPSA) is 65.4 Å². The van der Waals surface area contributed by atoms with Gasteiger partial charge in [-0.2, -0.15) is 0 Å². The van der Waals surface area contributed by atoms with E-state index in [4.69, 9.17) is 9.47 Å². The van der Waals surface area contributed by atoms with E-state index >= 15 is 0 Å². The third-order valence-electron chi connectivity index (χ3n) is 7.29. The molecule has 2 aliphatic rings. The lowest BCUT2D eigenvalue weighted by Crippen LogP contribution is -2.61. The fourth-order valence-corrected chi connectivity index (χ4v) is 5.23. The maximum absolute atomic E-state index is 12.7. The van der Waals surface area contributed by atoms with Gasteiger partial charge < -0.3 is 19.4 Å². The first-order chi connectivity index (χ1) is 15.2. The van der Waals surface area contributed by atoms with E-state index in [0.29, 0.717) is 18.4 Å². The first kappa shape index (κ1) is 22.8. The van der Waals surface area contributed by atoms with Gasteiger partial charge in [0.1, 0.15) is 18.2 Å². The van der Waals surface area contributed by atoms with Crippen molar-refractivity contribution >= 4 is 5.91 Å². The van der Waals surface area contributed by atoms with Gasteiger partial charge in [0.25, 0.3) is 0 Å². The van der Waals surface area contributed by atoms with Gasteiger partial charge >= 0.3 is 0 Å². The van der Waals surface area contributed by atoms with Gasteiger partial charge in [-0.3, -0.25) is 4.79 Å². The Hall–Kier alpha value is -2.34. The van der Waals surface area contributed by atoms with Gasteiger partial charge in [-0.05, 0) is 43.4 Å². The summed E-state index contributed by atoms with van der Waals surface area (Å²) < 4.78 is 14.5. The fraction of sp³-hybridized carbons (Fsp3) is 0.615. The number of aryl methyl sites for hydroxylation is 1. The molecule has 4 rings (SSSR count). The molecule has 1 saturated carbocycles. The van der Waals surface area contributed by atoms with Gasteiger partial charge in [0.2, 0.25) is 5.91 Å². The van der Waals surface area contributed by atoms with Crippen molar-refractivity contribution < 1.29 is 14.3 Å². The molecular weight excluding hydrogens is 402 g/mol. The van der Waals surface area contributed by atoms with Gasteiger partial charge in [0.05, 0.1) is 12.2 Å². The number of nitrogens with zero attached hydrogens (tertiary/aromatic N) is 2. The second-order valence-electron chi connectivity index (χ2n) is 10.3. The van der Waals surface area contributed by atoms with Crippen LogP contribution in [-0.2, 0) is 23.2 Å². The summed E-state index contributed by atoms with van der Waals surface area (Å²) in [5.41, 5.74) is 0.874. The van der Waals surface area contributed by atoms with Crippen LogP contribution in [0, 0.1) is 17.8 Å². The fourth-order valence-electron chi connectivity index (χ4n) is 5.23. The maximum Gasteiger partial charge on any atom is 0.222 e. The van der Waals surface area contributed by atoms with E-state index in [0.717, 1.165) is 36.4 Å². The van der Waals surface area contributed by atoms with Crippen LogP contribution in [-0.4, -0.2) is 27.1 Å². The van der Waals surface area contributed by atoms with E-state index in [1.165, 1.54) is 6.42 Å². The molecule has 1 aromatic heterocycles. The smallest absolute Gasteiger partial charge is 0.222 e. The Morgan fingerprint density at radius 2 is 2.06 bits per heavy atom. The van der Waals surface area contributed by atoms with E-state index in [2.05, 4.69) is 36.3 Å². The molecule has 2 heterocycles. The molecule has 1 aliphatic carbocycles. The number of carbonyl (C=O) groups is 1. The van der Waals surface area contributed by atoms with Crippen LogP contribution in [0.25, 0.3) is 0 Å². The van der Waals surface area contributed by atoms with Crippen LogP contribution in [0.3, 0.4) is 0 Å². The standard InChI is InChI=1S/C26H37N3O3/c1-17(2)25(30)28-26(4)15-23(32-22-14-18(3)6-11-21(22)26)19-7-9-20(10-8-19)31-16-24-27-12-13-29(24)5/h7-10,12-13,17-18,21-23H,6,11,14-16H2,1-5H3,(H,28,30)/t18-,21-,22-,23-,26-/m1/s1. The Balaban J connectivity index is 1.49. The summed E-state index contributed by atoms with van der Waals surface area (Å²) in [6, 6.07) is 8.19. The van der Waals surface area contributed by atoms with Crippen molar-refractivity contribution in [1.82, 2.24) is 14.9 Å². The lowest BCUT2D eigenvalue weighted by Gasteiger charge is -2.52. The predicted molar refractivity (Wildman–Crippen MR) is 124 cm³/mol. The second-order valence-corrected chi connectivity index (χ2v) is 10.3. The molecular formula is C26H37N3O3. The summed E-state index contributed by atoms with van der Waals surface area (Å²) in [4.78, 5) is 17.0. The lowest BCUT2D eigenvalue weighted by molar-refractivity contribution is -0.155. The lowest BCUT2D eigenvalue weighted by atomic mass is 9.66. The quantitative estimate of drug-likeness (QED) is 0.702. The Labute approximate surface area is 191 Å². The van der Waals surface area contributed by atoms with Crippen LogP contribution >= 0.6 is 0 Å². The number of carbonyl (C=O) groups excluding carboxylic acids is 1. The van der Waals surface area contributed by atoms with Gasteiger partial charge in [0, 0.05) is 43.2 Å². The normalized spacial score (nSPS) is 30.1. The molecule has 5 atom stereocenters. The molecule has 1 aliphatic heterocycles. The largest absolute Gasteiger partial charge is 0.486 e. The highest BCUT2D eigenvalue weighted by Gasteiger charge is 2.49. The van der Waals surface area contributed by atoms with E-state index in [1.54, 1.807) is 6.20 Å². The van der Waals surface area contributed by atoms with Crippen molar-refractivity contribution in [2.45, 2.75) is 77.7 Å². The highest BCUT2D eigenvalue weighted by Crippen LogP contribution is 2.48. The van der Waals surface area contributed by atoms with Crippen molar-refractivity contribution in [3.05, 3.63) is 48.0 Å². The van der Waals surface area contributed by atoms with E-state index < -0.39 is 0 Å². The summed E-state index contributed by atoms with van der Waals surface area (Å²) in [5, 5.41) is 3.41. The Morgan fingerprint density at radius 1 is 1.31 bits per heavy atom. The second kappa shape index (κ2) is 9.26. The Kier molecular flexibility index (Phi) is 6.61. The van der Waals surface area contributed by atoms with Gasteiger partial charge in [0.15, 0.2) is 0 Å². The molecule has 6 nitrogen and oxygen atoms in total. The molecule has 1 N–H and O–H groups in total. The molecule has 0 spiro atoms. The van der Waals surface area contributed by atoms with Crippen molar-refractivity contribution in [1.29, 1.82) is 0 Å². The van der Waals surface area contributed by atoms with E-state index in [9.17, 15) is 4.79 Å². The van der Waals surface area contributed by atoms with Crippen molar-refractivity contribution in [2.75, 3.05) is 0 Å². The van der Waals surface area contributed by atoms with Gasteiger partial charge in [-0.15, -0.1) is 0 Å². The molecule has 2 aromatic rings. The van der Waals surface area contributed by atoms with Crippen LogP contribution < -0.4 is 10.1 Å². The number of ether oxygens (including phenoxy) is 2. The first-order valence-electron chi connectivity index (χ1n) is 11.9. The summed E-state index contributed by atoms with van der Waals surface area (Å²) in [6.07, 6.45) is 7.97. The van der Waals surface area contributed by atoms with E-state index in [-0.39, 0.29) is 29.6 Å². The van der Waals surface area contributed by atoms with Crippen LogP contribution in [0.5, 0.6) is 5.75 Å². The first-order valence-corrected chi connectivity index (χ1v) is 11.9. The average molecular weight is 440 g/mol. The zero-order chi connectivity index (χ0) is 22.9. The number of hydrogen-bond donors (Lipinski definition) is 1. The minimum Gasteiger partial charge on any atom is -0.486 e. The van der Waals surface area contributed by atoms with Gasteiger partial charge in [-0.25, -0.2) is 4.98 Å². The number of rotatable bonds is 6. The molecule has 6 heteroatoms. The van der Waals surface area contributed by atoms with Gasteiger partial charge in [-0.1, -0.05) is 39.3 Å². The maximum atomic E-state index is 12.7. The Morgan fingerprint density at radius 3 is 2.72 bits per heavy atom. The summed E-state index contributed by atoms with van der Waals surface area (Å²) >= 11 is 0. The molecule has 2 fully saturated rings. The minimum atomic E-state index is -0.261. The molecule has 1 aromatic carbocycles. The van der Waals surface area contributed by atoms with Crippen molar-refractivity contribution in [3.8, 4) is 5.75 Å². The van der Waals surface area contributed by atoms with Crippen molar-refractivity contribution in [2.24, 2.45) is 24.8 Å². The molecule has 0 bridgehead atoms. The molecule has 32 heavy (non-hydrogen) atoms. The van der Waals surface area contributed by atoms with Crippen LogP contribution in [0.1, 0.15) is 70.9 Å². The van der Waals surface area contributed by atoms with Crippen LogP contribution in [0.4, 0.5) is 0 Å². The summed E-state index contributed by atoms with van der Waals surface area (Å²) in [7, 11) is 1.96. The highest BCUT2D eigenvalue weighted by molar-refractivity contribution is 5.78. The summed E-state index contributed by atoms with van der Waals surface area (Å²) in [6.45, 7) is 8.88. The summed E-state index contributed by atoms with van der Waals surface area (Å²) in [5.74, 6) is 2.82. The minimum absolute atomic E-state index is 0.0239. The zero-order valence-electron chi connectivity index (χ0n) is 20.0. The zero-order valence-corrected chi connectivity index (χ0v) is 20.0. The SMILES string of the molecule is CC(C)C(=O)N[C@]1(C)C[C@H](c2ccc(OCc3nccn3C)cc2)O[C@@H]2C[C@H](C)CC[C@H]21. The van der Waals surface area contributed by atoms with Crippen LogP contribution in [0.15, 0.2) is 36.7 Å². The number of benzene rings is 1. The van der Waals surface area contributed by atoms with E-state index in [1.807, 2.05) is 43.8 Å². The third kappa shape index (κ3) is 4.85. The number of hydrogen-bond acceptors (Lipinski definition) is 4. The monoisotopic (exact) mass is 439 g/mol. The third-order valence-corrected chi connectivity index (χ3v) is 7.29. The number of nitrogens with one attached hydrogen (secondary N) is 1. The molecule has 1 amide bonds. The van der Waals surface area contributed by atoms with Crippen LogP contribution in [0.2, 0.25) is 0 Å². The molecule has 174 valence electrons. The molecule has 0 unspecified atom stereocenters. The number of amides is 1. The van der Waals surface area contributed by atoms with Crippen molar-refractivity contribution in [3.63, 3.8) is 0 Å². The number of aromatic nitrogens is 2. The molecule has 1 saturated heterocycles. The average Bonchev–Trinajstić information content (AvgIpc) is 3.16. The number of fused-ring (bicyclic) bond motifs is 1. The molecule has 0 radical (unpaired) electrons. The Bertz CT molecular complexity index is 923. The number of imidazole rings is 1. The predicted octanol–water partition coefficient (Wildman–Crippen LogP) is 4.80. The highest BCUT2D eigenvalue weighted by atomic mass is 16.5.